The number of hydrogen-bond acceptors (Lipinski definition) is 3. The van der Waals surface area contributed by atoms with Crippen LogP contribution in [0.15, 0.2) is 47.7 Å². The van der Waals surface area contributed by atoms with Crippen molar-refractivity contribution in [2.75, 3.05) is 13.6 Å². The third-order valence-electron chi connectivity index (χ3n) is 3.53. The molecule has 7 heteroatoms. The molecule has 0 spiro atoms. The van der Waals surface area contributed by atoms with E-state index in [0.717, 1.165) is 17.5 Å². The van der Waals surface area contributed by atoms with Crippen LogP contribution in [0.25, 0.3) is 0 Å². The van der Waals surface area contributed by atoms with E-state index in [1.165, 1.54) is 0 Å². The molecule has 1 heterocycles. The number of hydrogen-bond donors (Lipinski definition) is 2. The van der Waals surface area contributed by atoms with E-state index in [1.54, 1.807) is 25.4 Å². The SMILES string of the molecule is CN=C(NCCc1cccnc1)NCc1cc(C)ccc1OC(F)F. The first kappa shape index (κ1) is 18.6. The molecular weight excluding hydrogens is 326 g/mol. The molecule has 134 valence electrons. The number of pyridine rings is 1. The van der Waals surface area contributed by atoms with Crippen LogP contribution >= 0.6 is 0 Å². The highest BCUT2D eigenvalue weighted by molar-refractivity contribution is 5.79. The third-order valence-corrected chi connectivity index (χ3v) is 3.53. The van der Waals surface area contributed by atoms with Crippen molar-refractivity contribution in [3.05, 3.63) is 59.4 Å². The van der Waals surface area contributed by atoms with Gasteiger partial charge in [-0.15, -0.1) is 0 Å². The van der Waals surface area contributed by atoms with Crippen molar-refractivity contribution in [3.63, 3.8) is 0 Å². The zero-order valence-electron chi connectivity index (χ0n) is 14.3. The van der Waals surface area contributed by atoms with Crippen LogP contribution in [0.1, 0.15) is 16.7 Å². The van der Waals surface area contributed by atoms with Crippen LogP contribution in [0, 0.1) is 6.92 Å². The van der Waals surface area contributed by atoms with Crippen molar-refractivity contribution in [2.45, 2.75) is 26.5 Å². The predicted octanol–water partition coefficient (Wildman–Crippen LogP) is 2.90. The van der Waals surface area contributed by atoms with E-state index in [-0.39, 0.29) is 5.75 Å². The molecule has 0 saturated carbocycles. The Morgan fingerprint density at radius 2 is 2.12 bits per heavy atom. The summed E-state index contributed by atoms with van der Waals surface area (Å²) in [4.78, 5) is 8.21. The van der Waals surface area contributed by atoms with Gasteiger partial charge in [0.15, 0.2) is 5.96 Å². The Balaban J connectivity index is 1.89. The molecule has 0 saturated heterocycles. The van der Waals surface area contributed by atoms with Gasteiger partial charge in [-0.25, -0.2) is 0 Å². The molecule has 0 radical (unpaired) electrons. The Bertz CT molecular complexity index is 693. The van der Waals surface area contributed by atoms with Gasteiger partial charge in [0.2, 0.25) is 0 Å². The summed E-state index contributed by atoms with van der Waals surface area (Å²) in [6.07, 6.45) is 4.36. The second-order valence-corrected chi connectivity index (χ2v) is 5.45. The Morgan fingerprint density at radius 1 is 1.28 bits per heavy atom. The molecule has 0 aliphatic heterocycles. The number of benzene rings is 1. The molecule has 2 aromatic rings. The number of halogens is 2. The quantitative estimate of drug-likeness (QED) is 0.597. The number of nitrogens with zero attached hydrogens (tertiary/aromatic N) is 2. The lowest BCUT2D eigenvalue weighted by Crippen LogP contribution is -2.38. The Morgan fingerprint density at radius 3 is 2.80 bits per heavy atom. The van der Waals surface area contributed by atoms with E-state index in [9.17, 15) is 8.78 Å². The lowest BCUT2D eigenvalue weighted by atomic mass is 10.1. The first-order valence-corrected chi connectivity index (χ1v) is 7.96. The maximum absolute atomic E-state index is 12.5. The molecule has 1 aromatic heterocycles. The van der Waals surface area contributed by atoms with Crippen LogP contribution in [-0.2, 0) is 13.0 Å². The lowest BCUT2D eigenvalue weighted by Gasteiger charge is -2.15. The minimum atomic E-state index is -2.85. The van der Waals surface area contributed by atoms with Gasteiger partial charge < -0.3 is 15.4 Å². The summed E-state index contributed by atoms with van der Waals surface area (Å²) in [5.74, 6) is 0.757. The summed E-state index contributed by atoms with van der Waals surface area (Å²) in [6.45, 7) is 0.0605. The first-order valence-electron chi connectivity index (χ1n) is 7.96. The van der Waals surface area contributed by atoms with E-state index in [1.807, 2.05) is 31.3 Å². The van der Waals surface area contributed by atoms with Crippen molar-refractivity contribution in [1.29, 1.82) is 0 Å². The van der Waals surface area contributed by atoms with Gasteiger partial charge in [0.05, 0.1) is 0 Å². The van der Waals surface area contributed by atoms with Crippen molar-refractivity contribution in [1.82, 2.24) is 15.6 Å². The standard InChI is InChI=1S/C18H22F2N4O/c1-13-5-6-16(25-17(19)20)15(10-13)12-24-18(21-2)23-9-7-14-4-3-8-22-11-14/h3-6,8,10-11,17H,7,9,12H2,1-2H3,(H2,21,23,24). The maximum Gasteiger partial charge on any atom is 0.387 e. The molecule has 0 aliphatic carbocycles. The monoisotopic (exact) mass is 348 g/mol. The molecule has 25 heavy (non-hydrogen) atoms. The molecule has 0 unspecified atom stereocenters. The molecule has 5 nitrogen and oxygen atoms in total. The number of aliphatic imine (C=N–C) groups is 1. The minimum Gasteiger partial charge on any atom is -0.434 e. The molecule has 0 atom stereocenters. The molecular formula is C18H22F2N4O. The van der Waals surface area contributed by atoms with E-state index in [2.05, 4.69) is 25.3 Å². The number of aromatic nitrogens is 1. The van der Waals surface area contributed by atoms with Crippen LogP contribution in [-0.4, -0.2) is 31.1 Å². The molecule has 2 N–H and O–H groups in total. The molecule has 0 bridgehead atoms. The van der Waals surface area contributed by atoms with Crippen LogP contribution in [0.2, 0.25) is 0 Å². The van der Waals surface area contributed by atoms with E-state index >= 15 is 0 Å². The second kappa shape index (κ2) is 9.56. The number of nitrogens with one attached hydrogen (secondary N) is 2. The molecule has 0 amide bonds. The van der Waals surface area contributed by atoms with Gasteiger partial charge in [0.25, 0.3) is 0 Å². The van der Waals surface area contributed by atoms with Crippen molar-refractivity contribution in [3.8, 4) is 5.75 Å². The summed E-state index contributed by atoms with van der Waals surface area (Å²) < 4.78 is 29.6. The van der Waals surface area contributed by atoms with Crippen LogP contribution in [0.4, 0.5) is 8.78 Å². The van der Waals surface area contributed by atoms with Gasteiger partial charge in [-0.3, -0.25) is 9.98 Å². The van der Waals surface area contributed by atoms with Crippen LogP contribution in [0.3, 0.4) is 0 Å². The Kier molecular flexibility index (Phi) is 7.13. The fraction of sp³-hybridized carbons (Fsp3) is 0.333. The average molecular weight is 348 g/mol. The van der Waals surface area contributed by atoms with Crippen LogP contribution in [0.5, 0.6) is 5.75 Å². The van der Waals surface area contributed by atoms with E-state index in [0.29, 0.717) is 24.6 Å². The van der Waals surface area contributed by atoms with Crippen LogP contribution < -0.4 is 15.4 Å². The van der Waals surface area contributed by atoms with Gasteiger partial charge in [-0.1, -0.05) is 23.8 Å². The maximum atomic E-state index is 12.5. The zero-order valence-corrected chi connectivity index (χ0v) is 14.3. The highest BCUT2D eigenvalue weighted by atomic mass is 19.3. The van der Waals surface area contributed by atoms with Gasteiger partial charge in [0.1, 0.15) is 5.75 Å². The molecule has 0 aliphatic rings. The zero-order chi connectivity index (χ0) is 18.1. The number of alkyl halides is 2. The minimum absolute atomic E-state index is 0.166. The summed E-state index contributed by atoms with van der Waals surface area (Å²) in [6, 6.07) is 9.00. The molecule has 1 aromatic carbocycles. The highest BCUT2D eigenvalue weighted by Gasteiger charge is 2.10. The average Bonchev–Trinajstić information content (AvgIpc) is 2.60. The lowest BCUT2D eigenvalue weighted by molar-refractivity contribution is -0.0504. The number of guanidine groups is 1. The van der Waals surface area contributed by atoms with E-state index in [4.69, 9.17) is 0 Å². The predicted molar refractivity (Wildman–Crippen MR) is 94.0 cm³/mol. The van der Waals surface area contributed by atoms with Crippen molar-refractivity contribution in [2.24, 2.45) is 4.99 Å². The van der Waals surface area contributed by atoms with E-state index < -0.39 is 6.61 Å². The number of aryl methyl sites for hydroxylation is 1. The fourth-order valence-electron chi connectivity index (χ4n) is 2.33. The number of rotatable bonds is 7. The van der Waals surface area contributed by atoms with Gasteiger partial charge in [-0.05, 0) is 31.0 Å². The summed E-state index contributed by atoms with van der Waals surface area (Å²) in [5.41, 5.74) is 2.74. The highest BCUT2D eigenvalue weighted by Crippen LogP contribution is 2.21. The normalized spacial score (nSPS) is 11.5. The summed E-state index contributed by atoms with van der Waals surface area (Å²) >= 11 is 0. The van der Waals surface area contributed by atoms with Gasteiger partial charge in [-0.2, -0.15) is 8.78 Å². The topological polar surface area (TPSA) is 58.5 Å². The second-order valence-electron chi connectivity index (χ2n) is 5.45. The number of ether oxygens (including phenoxy) is 1. The fourth-order valence-corrected chi connectivity index (χ4v) is 2.33. The molecule has 2 rings (SSSR count). The van der Waals surface area contributed by atoms with Crippen molar-refractivity contribution < 1.29 is 13.5 Å². The van der Waals surface area contributed by atoms with Gasteiger partial charge >= 0.3 is 6.61 Å². The Labute approximate surface area is 146 Å². The third kappa shape index (κ3) is 6.37. The summed E-state index contributed by atoms with van der Waals surface area (Å²) in [5, 5.41) is 6.30. The first-order chi connectivity index (χ1) is 12.1. The van der Waals surface area contributed by atoms with Gasteiger partial charge in [0, 0.05) is 38.1 Å². The van der Waals surface area contributed by atoms with Crippen molar-refractivity contribution >= 4 is 5.96 Å². The Hall–Kier alpha value is -2.70. The summed E-state index contributed by atoms with van der Waals surface area (Å²) in [7, 11) is 1.66. The smallest absolute Gasteiger partial charge is 0.387 e. The molecule has 0 fully saturated rings. The largest absolute Gasteiger partial charge is 0.434 e.